The largest absolute Gasteiger partial charge is 0.447 e. The molecule has 4 rings (SSSR count). The lowest BCUT2D eigenvalue weighted by molar-refractivity contribution is 0.463. The van der Waals surface area contributed by atoms with Gasteiger partial charge in [0.05, 0.1) is 0 Å². The molecular formula is C19H10N4O2. The summed E-state index contributed by atoms with van der Waals surface area (Å²) in [7, 11) is 0. The van der Waals surface area contributed by atoms with Crippen molar-refractivity contribution in [3.63, 3.8) is 0 Å². The first-order valence-electron chi connectivity index (χ1n) is 7.48. The first-order valence-corrected chi connectivity index (χ1v) is 7.48. The molecule has 0 N–H and O–H groups in total. The molecule has 6 nitrogen and oxygen atoms in total. The summed E-state index contributed by atoms with van der Waals surface area (Å²) in [5, 5.41) is 20.3. The number of nitriles is 2. The summed E-state index contributed by atoms with van der Waals surface area (Å²) >= 11 is 0. The Morgan fingerprint density at radius 2 is 1.40 bits per heavy atom. The lowest BCUT2D eigenvalue weighted by Gasteiger charge is -2.04. The second kappa shape index (κ2) is 5.63. The summed E-state index contributed by atoms with van der Waals surface area (Å²) in [6.07, 6.45) is 3.62. The van der Waals surface area contributed by atoms with Gasteiger partial charge >= 0.3 is 0 Å². The van der Waals surface area contributed by atoms with E-state index in [1.165, 1.54) is 0 Å². The van der Waals surface area contributed by atoms with E-state index < -0.39 is 0 Å². The fourth-order valence-electron chi connectivity index (χ4n) is 2.92. The third-order valence-electron chi connectivity index (χ3n) is 3.99. The van der Waals surface area contributed by atoms with Crippen molar-refractivity contribution < 1.29 is 8.83 Å². The van der Waals surface area contributed by atoms with E-state index in [0.717, 1.165) is 5.56 Å². The monoisotopic (exact) mass is 326 g/mol. The molecule has 0 aromatic heterocycles. The van der Waals surface area contributed by atoms with Crippen molar-refractivity contribution in [2.24, 2.45) is 9.98 Å². The van der Waals surface area contributed by atoms with E-state index in [4.69, 9.17) is 19.4 Å². The number of nitrogens with zero attached hydrogens (tertiary/aromatic N) is 4. The smallest absolute Gasteiger partial charge is 0.206 e. The predicted molar refractivity (Wildman–Crippen MR) is 88.4 cm³/mol. The zero-order valence-corrected chi connectivity index (χ0v) is 13.1. The van der Waals surface area contributed by atoms with Crippen LogP contribution >= 0.6 is 0 Å². The topological polar surface area (TPSA) is 98.6 Å². The molecule has 1 aliphatic carbocycles. The van der Waals surface area contributed by atoms with Gasteiger partial charge in [-0.25, -0.2) is 0 Å². The highest BCUT2D eigenvalue weighted by Crippen LogP contribution is 2.19. The summed E-state index contributed by atoms with van der Waals surface area (Å²) in [6, 6.07) is 12.8. The van der Waals surface area contributed by atoms with E-state index in [2.05, 4.69) is 9.98 Å². The molecule has 118 valence electrons. The Kier molecular flexibility index (Phi) is 3.30. The number of rotatable bonds is 0. The number of fused-ring (bicyclic) bond motifs is 2. The average Bonchev–Trinajstić information content (AvgIpc) is 2.64. The van der Waals surface area contributed by atoms with Crippen LogP contribution in [-0.2, 0) is 0 Å². The number of aryl methyl sites for hydroxylation is 1. The molecule has 1 heterocycles. The van der Waals surface area contributed by atoms with Crippen molar-refractivity contribution in [3.8, 4) is 12.4 Å². The highest BCUT2D eigenvalue weighted by molar-refractivity contribution is 5.82. The van der Waals surface area contributed by atoms with Gasteiger partial charge in [-0.2, -0.15) is 20.5 Å². The molecular weight excluding hydrogens is 316 g/mol. The van der Waals surface area contributed by atoms with Crippen LogP contribution in [0.4, 0.5) is 0 Å². The summed E-state index contributed by atoms with van der Waals surface area (Å²) in [5.41, 5.74) is 2.55. The molecule has 0 radical (unpaired) electrons. The molecule has 0 bridgehead atoms. The van der Waals surface area contributed by atoms with Gasteiger partial charge in [-0.1, -0.05) is 36.4 Å². The maximum absolute atomic E-state index is 9.11. The minimum absolute atomic E-state index is 0.285. The third kappa shape index (κ3) is 2.17. The molecule has 2 aromatic rings. The number of hydrogen-bond donors (Lipinski definition) is 0. The first-order chi connectivity index (χ1) is 12.2. The molecule has 2 aromatic carbocycles. The Labute approximate surface area is 140 Å². The van der Waals surface area contributed by atoms with Gasteiger partial charge in [0.2, 0.25) is 12.4 Å². The molecule has 0 saturated heterocycles. The van der Waals surface area contributed by atoms with Crippen molar-refractivity contribution in [1.82, 2.24) is 0 Å². The average molecular weight is 326 g/mol. The summed E-state index contributed by atoms with van der Waals surface area (Å²) in [6.45, 7) is 1.90. The van der Waals surface area contributed by atoms with Gasteiger partial charge in [-0.15, -0.1) is 0 Å². The minimum atomic E-state index is 0.285. The van der Waals surface area contributed by atoms with E-state index in [1.54, 1.807) is 24.4 Å². The van der Waals surface area contributed by atoms with Gasteiger partial charge in [-0.3, -0.25) is 0 Å². The van der Waals surface area contributed by atoms with E-state index in [9.17, 15) is 0 Å². The third-order valence-corrected chi connectivity index (χ3v) is 3.99. The highest BCUT2D eigenvalue weighted by Gasteiger charge is 2.12. The summed E-state index contributed by atoms with van der Waals surface area (Å²) < 4.78 is 12.0. The Bertz CT molecular complexity index is 1430. The van der Waals surface area contributed by atoms with Crippen LogP contribution in [0, 0.1) is 40.7 Å². The molecule has 6 heteroatoms. The fourth-order valence-corrected chi connectivity index (χ4v) is 2.92. The maximum atomic E-state index is 9.11. The molecule has 2 aliphatic rings. The molecule has 0 spiro atoms. The van der Waals surface area contributed by atoms with E-state index >= 15 is 0 Å². The van der Waals surface area contributed by atoms with Crippen molar-refractivity contribution >= 4 is 21.9 Å². The Morgan fingerprint density at radius 3 is 2.00 bits per heavy atom. The van der Waals surface area contributed by atoms with Gasteiger partial charge in [0, 0.05) is 10.8 Å². The van der Waals surface area contributed by atoms with Crippen LogP contribution in [0.15, 0.2) is 61.3 Å². The van der Waals surface area contributed by atoms with Crippen molar-refractivity contribution in [3.05, 3.63) is 69.6 Å². The summed E-state index contributed by atoms with van der Waals surface area (Å²) in [4.78, 5) is 7.85. The van der Waals surface area contributed by atoms with Crippen LogP contribution in [-0.4, -0.2) is 0 Å². The predicted octanol–water partition coefficient (Wildman–Crippen LogP) is 2.98. The van der Waals surface area contributed by atoms with Crippen molar-refractivity contribution in [2.45, 2.75) is 6.92 Å². The second-order valence-corrected chi connectivity index (χ2v) is 5.43. The Hall–Kier alpha value is -3.90. The molecule has 0 fully saturated rings. The Balaban J connectivity index is 2.50. The van der Waals surface area contributed by atoms with Gasteiger partial charge < -0.3 is 8.83 Å². The standard InChI is InChI=1S/C19H10N4O2/c1-11-5-4-8-14-17(11)25-19-16(23-10-21)13-7-3-2-6-12(13)15(22-9-20)18(19)24-14/h2-8H,1H3. The fraction of sp³-hybridized carbons (Fsp3) is 0.0526. The molecule has 0 atom stereocenters. The van der Waals surface area contributed by atoms with Gasteiger partial charge in [0.1, 0.15) is 10.7 Å². The lowest BCUT2D eigenvalue weighted by Crippen LogP contribution is -2.17. The van der Waals surface area contributed by atoms with E-state index in [0.29, 0.717) is 32.7 Å². The van der Waals surface area contributed by atoms with Gasteiger partial charge in [0.15, 0.2) is 22.0 Å². The SMILES string of the molecule is Cc1cccc2oc3c(=NC#N)c4ccccc4c(=NC#N)c=3oc12. The molecule has 0 amide bonds. The molecule has 25 heavy (non-hydrogen) atoms. The minimum Gasteiger partial charge on any atom is -0.447 e. The van der Waals surface area contributed by atoms with Gasteiger partial charge in [-0.05, 0) is 18.6 Å². The zero-order chi connectivity index (χ0) is 17.4. The second-order valence-electron chi connectivity index (χ2n) is 5.43. The van der Waals surface area contributed by atoms with Crippen LogP contribution in [0.25, 0.3) is 21.9 Å². The highest BCUT2D eigenvalue weighted by atomic mass is 16.4. The lowest BCUT2D eigenvalue weighted by atomic mass is 10.1. The summed E-state index contributed by atoms with van der Waals surface area (Å²) in [5.74, 6) is 0. The van der Waals surface area contributed by atoms with Crippen LogP contribution in [0.3, 0.4) is 0 Å². The molecule has 0 saturated carbocycles. The number of benzene rings is 2. The van der Waals surface area contributed by atoms with Crippen molar-refractivity contribution in [1.29, 1.82) is 10.5 Å². The number of hydrogen-bond acceptors (Lipinski definition) is 6. The quantitative estimate of drug-likeness (QED) is 0.464. The molecule has 0 unspecified atom stereocenters. The Morgan fingerprint density at radius 1 is 0.800 bits per heavy atom. The maximum Gasteiger partial charge on any atom is 0.206 e. The van der Waals surface area contributed by atoms with Gasteiger partial charge in [0.25, 0.3) is 0 Å². The van der Waals surface area contributed by atoms with E-state index in [-0.39, 0.29) is 10.8 Å². The van der Waals surface area contributed by atoms with Crippen molar-refractivity contribution in [2.75, 3.05) is 0 Å². The first kappa shape index (κ1) is 14.7. The number of para-hydroxylation sites is 1. The van der Waals surface area contributed by atoms with Crippen LogP contribution < -0.4 is 10.7 Å². The normalized spacial score (nSPS) is 12.6. The van der Waals surface area contributed by atoms with Crippen LogP contribution in [0.2, 0.25) is 0 Å². The zero-order valence-electron chi connectivity index (χ0n) is 13.1. The van der Waals surface area contributed by atoms with Crippen LogP contribution in [0.5, 0.6) is 0 Å². The van der Waals surface area contributed by atoms with E-state index in [1.807, 2.05) is 37.4 Å². The molecule has 1 aliphatic heterocycles. The van der Waals surface area contributed by atoms with Crippen LogP contribution in [0.1, 0.15) is 5.56 Å².